The summed E-state index contributed by atoms with van der Waals surface area (Å²) in [5, 5.41) is 0. The third kappa shape index (κ3) is 1.67. The lowest BCUT2D eigenvalue weighted by Crippen LogP contribution is -2.39. The number of thioether (sulfide) groups is 1. The van der Waals surface area contributed by atoms with Crippen LogP contribution in [0.2, 0.25) is 0 Å². The van der Waals surface area contributed by atoms with Gasteiger partial charge in [-0.2, -0.15) is 0 Å². The van der Waals surface area contributed by atoms with Gasteiger partial charge in [-0.05, 0) is 29.6 Å². The summed E-state index contributed by atoms with van der Waals surface area (Å²) in [5.41, 5.74) is 0. The van der Waals surface area contributed by atoms with Crippen molar-refractivity contribution in [3.05, 3.63) is 11.0 Å². The fraction of sp³-hybridized carbons (Fsp3) is 0.556. The van der Waals surface area contributed by atoms with Crippen LogP contribution >= 0.6 is 36.2 Å². The maximum Gasteiger partial charge on any atom is 0.107 e. The molecule has 70 valence electrons. The molecule has 2 heterocycles. The number of hydrogen-bond donors (Lipinski definition) is 0. The molecule has 4 heteroatoms. The van der Waals surface area contributed by atoms with E-state index >= 15 is 0 Å². The highest BCUT2D eigenvalue weighted by molar-refractivity contribution is 8.03. The molecule has 0 saturated carbocycles. The van der Waals surface area contributed by atoms with Gasteiger partial charge in [-0.1, -0.05) is 24.4 Å². The molecule has 2 aliphatic heterocycles. The number of hydrogen-bond acceptors (Lipinski definition) is 3. The lowest BCUT2D eigenvalue weighted by atomic mass is 9.99. The number of likely N-dealkylation sites (N-methyl/N-ethyl adjacent to an activating group) is 1. The van der Waals surface area contributed by atoms with Gasteiger partial charge < -0.3 is 4.90 Å². The van der Waals surface area contributed by atoms with E-state index in [-0.39, 0.29) is 0 Å². The average Bonchev–Trinajstić information content (AvgIpc) is 2.15. The standard InChI is InChI=1S/C9H11NS3/c1-10-8(11)5-7-6(9(10)12)3-2-4-13-7/h5-6H,2-4H2,1H3. The van der Waals surface area contributed by atoms with Crippen molar-refractivity contribution in [2.45, 2.75) is 12.8 Å². The van der Waals surface area contributed by atoms with Crippen LogP contribution in [0, 0.1) is 5.92 Å². The van der Waals surface area contributed by atoms with E-state index in [4.69, 9.17) is 24.4 Å². The normalized spacial score (nSPS) is 28.5. The Labute approximate surface area is 93.6 Å². The molecular weight excluding hydrogens is 218 g/mol. The first-order chi connectivity index (χ1) is 6.20. The van der Waals surface area contributed by atoms with Crippen LogP contribution in [0.3, 0.4) is 0 Å². The Bertz CT molecular complexity index is 295. The van der Waals surface area contributed by atoms with Crippen molar-refractivity contribution in [1.82, 2.24) is 4.90 Å². The molecule has 1 fully saturated rings. The summed E-state index contributed by atoms with van der Waals surface area (Å²) >= 11 is 12.5. The van der Waals surface area contributed by atoms with Gasteiger partial charge in [0.05, 0.1) is 4.99 Å². The van der Waals surface area contributed by atoms with E-state index in [2.05, 4.69) is 6.08 Å². The Morgan fingerprint density at radius 2 is 2.31 bits per heavy atom. The molecular formula is C9H11NS3. The molecule has 2 rings (SSSR count). The summed E-state index contributed by atoms with van der Waals surface area (Å²) < 4.78 is 0. The van der Waals surface area contributed by atoms with Crippen molar-refractivity contribution < 1.29 is 0 Å². The number of nitrogens with zero attached hydrogens (tertiary/aromatic N) is 1. The zero-order valence-corrected chi connectivity index (χ0v) is 9.90. The second-order valence-corrected chi connectivity index (χ2v) is 5.33. The fourth-order valence-corrected chi connectivity index (χ4v) is 3.62. The summed E-state index contributed by atoms with van der Waals surface area (Å²) in [7, 11) is 1.97. The Balaban J connectivity index is 2.32. The van der Waals surface area contributed by atoms with Gasteiger partial charge >= 0.3 is 0 Å². The number of fused-ring (bicyclic) bond motifs is 1. The molecule has 0 amide bonds. The zero-order valence-electron chi connectivity index (χ0n) is 7.45. The molecule has 0 bridgehead atoms. The van der Waals surface area contributed by atoms with Gasteiger partial charge in [0.1, 0.15) is 4.99 Å². The van der Waals surface area contributed by atoms with E-state index in [0.29, 0.717) is 5.92 Å². The second kappa shape index (κ2) is 3.67. The SMILES string of the molecule is CN1C(=S)C=C2SCCCC2C1=S. The van der Waals surface area contributed by atoms with E-state index in [9.17, 15) is 0 Å². The minimum Gasteiger partial charge on any atom is -0.330 e. The van der Waals surface area contributed by atoms with Gasteiger partial charge in [-0.25, -0.2) is 0 Å². The molecule has 2 aliphatic rings. The average molecular weight is 229 g/mol. The summed E-state index contributed by atoms with van der Waals surface area (Å²) in [5.74, 6) is 1.70. The Morgan fingerprint density at radius 1 is 1.54 bits per heavy atom. The largest absolute Gasteiger partial charge is 0.330 e. The second-order valence-electron chi connectivity index (χ2n) is 3.33. The van der Waals surface area contributed by atoms with Crippen molar-refractivity contribution in [2.24, 2.45) is 5.92 Å². The first kappa shape index (κ1) is 9.62. The molecule has 0 aliphatic carbocycles. The molecule has 13 heavy (non-hydrogen) atoms. The van der Waals surface area contributed by atoms with Crippen LogP contribution in [0.15, 0.2) is 11.0 Å². The monoisotopic (exact) mass is 229 g/mol. The van der Waals surface area contributed by atoms with Crippen molar-refractivity contribution in [3.63, 3.8) is 0 Å². The maximum absolute atomic E-state index is 5.39. The lowest BCUT2D eigenvalue weighted by Gasteiger charge is -2.34. The van der Waals surface area contributed by atoms with Crippen molar-refractivity contribution in [3.8, 4) is 0 Å². The fourth-order valence-electron chi connectivity index (χ4n) is 1.67. The summed E-state index contributed by atoms with van der Waals surface area (Å²) in [6.07, 6.45) is 4.58. The van der Waals surface area contributed by atoms with Crippen molar-refractivity contribution in [1.29, 1.82) is 0 Å². The first-order valence-electron chi connectivity index (χ1n) is 4.36. The van der Waals surface area contributed by atoms with Gasteiger partial charge in [-0.3, -0.25) is 0 Å². The molecule has 0 N–H and O–H groups in total. The first-order valence-corrected chi connectivity index (χ1v) is 6.16. The van der Waals surface area contributed by atoms with E-state index in [1.54, 1.807) is 0 Å². The summed E-state index contributed by atoms with van der Waals surface area (Å²) in [6.45, 7) is 0. The Morgan fingerprint density at radius 3 is 3.08 bits per heavy atom. The Kier molecular flexibility index (Phi) is 2.72. The zero-order chi connectivity index (χ0) is 9.42. The topological polar surface area (TPSA) is 3.24 Å². The lowest BCUT2D eigenvalue weighted by molar-refractivity contribution is 0.631. The smallest absolute Gasteiger partial charge is 0.107 e. The van der Waals surface area contributed by atoms with E-state index in [1.165, 1.54) is 23.5 Å². The quantitative estimate of drug-likeness (QED) is 0.587. The van der Waals surface area contributed by atoms with Crippen molar-refractivity contribution in [2.75, 3.05) is 12.8 Å². The molecule has 1 nitrogen and oxygen atoms in total. The van der Waals surface area contributed by atoms with Gasteiger partial charge in [0.15, 0.2) is 0 Å². The van der Waals surface area contributed by atoms with Crippen LogP contribution in [-0.2, 0) is 0 Å². The molecule has 0 spiro atoms. The predicted molar refractivity (Wildman–Crippen MR) is 66.2 cm³/mol. The Hall–Kier alpha value is 0.0700. The molecule has 1 atom stereocenters. The van der Waals surface area contributed by atoms with Crippen LogP contribution in [-0.4, -0.2) is 27.7 Å². The van der Waals surface area contributed by atoms with Crippen LogP contribution in [0.25, 0.3) is 0 Å². The highest BCUT2D eigenvalue weighted by atomic mass is 32.2. The van der Waals surface area contributed by atoms with Gasteiger partial charge in [-0.15, -0.1) is 11.8 Å². The van der Waals surface area contributed by atoms with E-state index in [0.717, 1.165) is 9.98 Å². The van der Waals surface area contributed by atoms with Crippen LogP contribution in [0.1, 0.15) is 12.8 Å². The van der Waals surface area contributed by atoms with Crippen LogP contribution in [0.5, 0.6) is 0 Å². The molecule has 0 aromatic carbocycles. The molecule has 0 aromatic heterocycles. The summed E-state index contributed by atoms with van der Waals surface area (Å²) in [6, 6.07) is 0. The molecule has 1 unspecified atom stereocenters. The van der Waals surface area contributed by atoms with Crippen LogP contribution in [0.4, 0.5) is 0 Å². The minimum atomic E-state index is 0.477. The third-order valence-electron chi connectivity index (χ3n) is 2.47. The highest BCUT2D eigenvalue weighted by Gasteiger charge is 2.30. The molecule has 1 saturated heterocycles. The highest BCUT2D eigenvalue weighted by Crippen LogP contribution is 2.38. The van der Waals surface area contributed by atoms with Crippen LogP contribution < -0.4 is 0 Å². The van der Waals surface area contributed by atoms with Crippen molar-refractivity contribution >= 4 is 46.2 Å². The minimum absolute atomic E-state index is 0.477. The van der Waals surface area contributed by atoms with Gasteiger partial charge in [0.2, 0.25) is 0 Å². The predicted octanol–water partition coefficient (Wildman–Crippen LogP) is 2.61. The van der Waals surface area contributed by atoms with Gasteiger partial charge in [0.25, 0.3) is 0 Å². The van der Waals surface area contributed by atoms with E-state index in [1.807, 2.05) is 23.7 Å². The van der Waals surface area contributed by atoms with Gasteiger partial charge in [0, 0.05) is 13.0 Å². The molecule has 0 radical (unpaired) electrons. The maximum atomic E-state index is 5.39. The third-order valence-corrected chi connectivity index (χ3v) is 4.65. The molecule has 0 aromatic rings. The van der Waals surface area contributed by atoms with E-state index < -0.39 is 0 Å². The summed E-state index contributed by atoms with van der Waals surface area (Å²) in [4.78, 5) is 5.23. The number of thiocarbonyl (C=S) groups is 2. The number of rotatable bonds is 0.